The number of rotatable bonds is 6. The predicted molar refractivity (Wildman–Crippen MR) is 70.7 cm³/mol. The van der Waals surface area contributed by atoms with Crippen LogP contribution in [0.25, 0.3) is 0 Å². The fourth-order valence-electron chi connectivity index (χ4n) is 1.71. The van der Waals surface area contributed by atoms with Crippen molar-refractivity contribution in [2.24, 2.45) is 0 Å². The minimum absolute atomic E-state index is 0.344. The van der Waals surface area contributed by atoms with Gasteiger partial charge in [-0.15, -0.1) is 13.2 Å². The Balaban J connectivity index is 2.87. The summed E-state index contributed by atoms with van der Waals surface area (Å²) in [6, 6.07) is 4.28. The average molecular weight is 215 g/mol. The highest BCUT2D eigenvalue weighted by Gasteiger charge is 2.09. The molecule has 0 spiro atoms. The lowest BCUT2D eigenvalue weighted by Gasteiger charge is -2.13. The number of allylic oxidation sites excluding steroid dienone is 2. The van der Waals surface area contributed by atoms with E-state index < -0.39 is 0 Å². The van der Waals surface area contributed by atoms with E-state index in [4.69, 9.17) is 0 Å². The molecule has 1 heterocycles. The zero-order valence-electron chi connectivity index (χ0n) is 10.3. The third-order valence-corrected chi connectivity index (χ3v) is 2.82. The second-order valence-electron chi connectivity index (χ2n) is 4.38. The summed E-state index contributed by atoms with van der Waals surface area (Å²) >= 11 is 0. The molecule has 0 aliphatic heterocycles. The topological polar surface area (TPSA) is 12.9 Å². The van der Waals surface area contributed by atoms with Gasteiger partial charge >= 0.3 is 0 Å². The molecule has 0 aromatic carbocycles. The third-order valence-electron chi connectivity index (χ3n) is 2.82. The molecular formula is C15H21N. The van der Waals surface area contributed by atoms with Crippen molar-refractivity contribution in [2.45, 2.75) is 38.5 Å². The number of aromatic nitrogens is 1. The van der Waals surface area contributed by atoms with Crippen LogP contribution in [0.5, 0.6) is 0 Å². The van der Waals surface area contributed by atoms with Gasteiger partial charge in [-0.1, -0.05) is 26.0 Å². The Kier molecular flexibility index (Phi) is 4.97. The molecule has 1 aromatic rings. The van der Waals surface area contributed by atoms with Crippen LogP contribution in [0.15, 0.2) is 43.6 Å². The van der Waals surface area contributed by atoms with Gasteiger partial charge in [0.05, 0.1) is 0 Å². The van der Waals surface area contributed by atoms with Crippen molar-refractivity contribution in [3.8, 4) is 0 Å². The zero-order valence-corrected chi connectivity index (χ0v) is 10.3. The van der Waals surface area contributed by atoms with Gasteiger partial charge in [-0.05, 0) is 36.5 Å². The number of hydrogen-bond donors (Lipinski definition) is 0. The summed E-state index contributed by atoms with van der Waals surface area (Å²) in [7, 11) is 0. The summed E-state index contributed by atoms with van der Waals surface area (Å²) in [5.41, 5.74) is 2.47. The van der Waals surface area contributed by atoms with Crippen LogP contribution in [-0.2, 0) is 0 Å². The molecule has 0 saturated carbocycles. The first-order valence-corrected chi connectivity index (χ1v) is 5.88. The third kappa shape index (κ3) is 3.34. The van der Waals surface area contributed by atoms with Gasteiger partial charge in [0.25, 0.3) is 0 Å². The van der Waals surface area contributed by atoms with Crippen LogP contribution in [0, 0.1) is 0 Å². The van der Waals surface area contributed by atoms with Crippen LogP contribution in [0.4, 0.5) is 0 Å². The molecule has 1 unspecified atom stereocenters. The molecule has 0 bridgehead atoms. The molecule has 1 atom stereocenters. The summed E-state index contributed by atoms with van der Waals surface area (Å²) in [5, 5.41) is 0. The molecule has 0 aliphatic carbocycles. The first kappa shape index (κ1) is 12.7. The lowest BCUT2D eigenvalue weighted by Crippen LogP contribution is -2.00. The molecule has 0 saturated heterocycles. The summed E-state index contributed by atoms with van der Waals surface area (Å²) in [6.07, 6.45) is 7.87. The molecule has 0 radical (unpaired) electrons. The van der Waals surface area contributed by atoms with Crippen molar-refractivity contribution in [1.82, 2.24) is 4.98 Å². The molecule has 1 nitrogen and oxygen atoms in total. The van der Waals surface area contributed by atoms with Crippen molar-refractivity contribution in [3.63, 3.8) is 0 Å². The van der Waals surface area contributed by atoms with Gasteiger partial charge in [0.15, 0.2) is 0 Å². The van der Waals surface area contributed by atoms with Gasteiger partial charge in [-0.3, -0.25) is 4.98 Å². The van der Waals surface area contributed by atoms with Crippen LogP contribution >= 0.6 is 0 Å². The van der Waals surface area contributed by atoms with Crippen molar-refractivity contribution in [1.29, 1.82) is 0 Å². The van der Waals surface area contributed by atoms with E-state index in [-0.39, 0.29) is 0 Å². The smallest absolute Gasteiger partial charge is 0.0475 e. The van der Waals surface area contributed by atoms with Gasteiger partial charge in [-0.2, -0.15) is 0 Å². The largest absolute Gasteiger partial charge is 0.261 e. The van der Waals surface area contributed by atoms with Crippen LogP contribution in [-0.4, -0.2) is 4.98 Å². The minimum Gasteiger partial charge on any atom is -0.261 e. The van der Waals surface area contributed by atoms with E-state index in [9.17, 15) is 0 Å². The summed E-state index contributed by atoms with van der Waals surface area (Å²) in [6.45, 7) is 12.0. The average Bonchev–Trinajstić information content (AvgIpc) is 2.30. The van der Waals surface area contributed by atoms with Crippen LogP contribution in [0.2, 0.25) is 0 Å². The highest BCUT2D eigenvalue weighted by Crippen LogP contribution is 2.23. The van der Waals surface area contributed by atoms with E-state index in [2.05, 4.69) is 44.1 Å². The summed E-state index contributed by atoms with van der Waals surface area (Å²) in [4.78, 5) is 4.44. The summed E-state index contributed by atoms with van der Waals surface area (Å²) in [5.74, 6) is 0.892. The molecule has 1 rings (SSSR count). The standard InChI is InChI=1S/C15H21N/c1-5-7-8-13(6-2)15-11-14(12(3)4)9-10-16-15/h5-6,9-13H,1-2,7-8H2,3-4H3. The summed E-state index contributed by atoms with van der Waals surface area (Å²) < 4.78 is 0. The van der Waals surface area contributed by atoms with Crippen molar-refractivity contribution in [3.05, 3.63) is 54.9 Å². The van der Waals surface area contributed by atoms with Crippen molar-refractivity contribution >= 4 is 0 Å². The highest BCUT2D eigenvalue weighted by atomic mass is 14.7. The Morgan fingerprint density at radius 1 is 1.38 bits per heavy atom. The van der Waals surface area contributed by atoms with Gasteiger partial charge in [0.2, 0.25) is 0 Å². The molecule has 0 aliphatic rings. The Labute approximate surface area is 98.9 Å². The lowest BCUT2D eigenvalue weighted by atomic mass is 9.95. The first-order chi connectivity index (χ1) is 7.69. The maximum atomic E-state index is 4.44. The second kappa shape index (κ2) is 6.26. The van der Waals surface area contributed by atoms with Crippen LogP contribution in [0.3, 0.4) is 0 Å². The fraction of sp³-hybridized carbons (Fsp3) is 0.400. The van der Waals surface area contributed by atoms with Gasteiger partial charge in [-0.25, -0.2) is 0 Å². The lowest BCUT2D eigenvalue weighted by molar-refractivity contribution is 0.724. The fourth-order valence-corrected chi connectivity index (χ4v) is 1.71. The monoisotopic (exact) mass is 215 g/mol. The molecular weight excluding hydrogens is 194 g/mol. The molecule has 0 N–H and O–H groups in total. The van der Waals surface area contributed by atoms with E-state index >= 15 is 0 Å². The normalized spacial score (nSPS) is 12.4. The molecule has 16 heavy (non-hydrogen) atoms. The Bertz CT molecular complexity index is 352. The minimum atomic E-state index is 0.344. The van der Waals surface area contributed by atoms with Gasteiger partial charge in [0.1, 0.15) is 0 Å². The highest BCUT2D eigenvalue weighted by molar-refractivity contribution is 5.24. The van der Waals surface area contributed by atoms with E-state index in [1.165, 1.54) is 5.56 Å². The second-order valence-corrected chi connectivity index (χ2v) is 4.38. The van der Waals surface area contributed by atoms with Gasteiger partial charge in [0, 0.05) is 17.8 Å². The van der Waals surface area contributed by atoms with Gasteiger partial charge < -0.3 is 0 Å². The first-order valence-electron chi connectivity index (χ1n) is 5.88. The predicted octanol–water partition coefficient (Wildman–Crippen LogP) is 4.44. The van der Waals surface area contributed by atoms with E-state index in [1.807, 2.05) is 18.3 Å². The Hall–Kier alpha value is -1.37. The molecule has 0 fully saturated rings. The number of nitrogens with zero attached hydrogens (tertiary/aromatic N) is 1. The van der Waals surface area contributed by atoms with Crippen LogP contribution < -0.4 is 0 Å². The Morgan fingerprint density at radius 2 is 2.12 bits per heavy atom. The quantitative estimate of drug-likeness (QED) is 0.639. The molecule has 1 heteroatoms. The molecule has 86 valence electrons. The molecule has 1 aromatic heterocycles. The van der Waals surface area contributed by atoms with Crippen molar-refractivity contribution in [2.75, 3.05) is 0 Å². The van der Waals surface area contributed by atoms with E-state index in [0.717, 1.165) is 18.5 Å². The molecule has 0 amide bonds. The van der Waals surface area contributed by atoms with Crippen molar-refractivity contribution < 1.29 is 0 Å². The maximum absolute atomic E-state index is 4.44. The number of hydrogen-bond acceptors (Lipinski definition) is 1. The number of pyridine rings is 1. The van der Waals surface area contributed by atoms with E-state index in [1.54, 1.807) is 0 Å². The van der Waals surface area contributed by atoms with Crippen LogP contribution in [0.1, 0.15) is 49.8 Å². The SMILES string of the molecule is C=CCCC(C=C)c1cc(C(C)C)ccn1. The van der Waals surface area contributed by atoms with E-state index in [0.29, 0.717) is 11.8 Å². The Morgan fingerprint density at radius 3 is 2.69 bits per heavy atom. The zero-order chi connectivity index (χ0) is 12.0. The maximum Gasteiger partial charge on any atom is 0.0475 e.